The van der Waals surface area contributed by atoms with Crippen molar-refractivity contribution in [3.05, 3.63) is 31.7 Å². The average Bonchev–Trinajstić information content (AvgIpc) is 1.99. The number of benzene rings is 1. The summed E-state index contributed by atoms with van der Waals surface area (Å²) in [4.78, 5) is 0. The largest absolute Gasteiger partial charge is 0.389 e. The molecule has 0 fully saturated rings. The van der Waals surface area contributed by atoms with Crippen LogP contribution in [0, 0.1) is 0 Å². The van der Waals surface area contributed by atoms with Crippen molar-refractivity contribution in [2.24, 2.45) is 0 Å². The van der Waals surface area contributed by atoms with Crippen molar-refractivity contribution in [1.82, 2.24) is 0 Å². The predicted molar refractivity (Wildman–Crippen MR) is 57.1 cm³/mol. The van der Waals surface area contributed by atoms with E-state index in [2.05, 4.69) is 0 Å². The zero-order chi connectivity index (χ0) is 10.2. The van der Waals surface area contributed by atoms with Gasteiger partial charge in [-0.15, -0.1) is 0 Å². The SMILES string of the molecule is C[C@@H](O)c1c(Cl)cc(Cl)c(Cl)c1Cl. The molecule has 1 aromatic rings. The van der Waals surface area contributed by atoms with Crippen LogP contribution in [0.5, 0.6) is 0 Å². The van der Waals surface area contributed by atoms with E-state index in [1.54, 1.807) is 6.92 Å². The standard InChI is InChI=1S/C8H6Cl4O/c1-3(13)6-4(9)2-5(10)7(11)8(6)12/h2-3,13H,1H3/t3-/m1/s1. The molecule has 0 radical (unpaired) electrons. The Hall–Kier alpha value is 0.340. The fourth-order valence-corrected chi connectivity index (χ4v) is 2.20. The van der Waals surface area contributed by atoms with Gasteiger partial charge in [-0.3, -0.25) is 0 Å². The maximum absolute atomic E-state index is 9.33. The summed E-state index contributed by atoms with van der Waals surface area (Å²) in [6, 6.07) is 1.46. The number of halogens is 4. The Morgan fingerprint density at radius 1 is 1.08 bits per heavy atom. The Kier molecular flexibility index (Phi) is 3.73. The summed E-state index contributed by atoms with van der Waals surface area (Å²) in [7, 11) is 0. The van der Waals surface area contributed by atoms with Gasteiger partial charge in [0.15, 0.2) is 0 Å². The zero-order valence-electron chi connectivity index (χ0n) is 6.61. The molecule has 0 saturated heterocycles. The molecule has 0 heterocycles. The van der Waals surface area contributed by atoms with Crippen LogP contribution in [0.1, 0.15) is 18.6 Å². The minimum Gasteiger partial charge on any atom is -0.389 e. The third-order valence-corrected chi connectivity index (χ3v) is 3.16. The van der Waals surface area contributed by atoms with E-state index in [1.807, 2.05) is 0 Å². The molecule has 0 saturated carbocycles. The van der Waals surface area contributed by atoms with Crippen LogP contribution in [0.15, 0.2) is 6.07 Å². The monoisotopic (exact) mass is 258 g/mol. The lowest BCUT2D eigenvalue weighted by Crippen LogP contribution is -1.94. The van der Waals surface area contributed by atoms with Crippen molar-refractivity contribution < 1.29 is 5.11 Å². The van der Waals surface area contributed by atoms with Gasteiger partial charge in [0.05, 0.1) is 21.2 Å². The molecule has 1 atom stereocenters. The van der Waals surface area contributed by atoms with Crippen molar-refractivity contribution in [2.75, 3.05) is 0 Å². The number of rotatable bonds is 1. The topological polar surface area (TPSA) is 20.2 Å². The first-order chi connectivity index (χ1) is 5.95. The predicted octanol–water partition coefficient (Wildman–Crippen LogP) is 4.35. The van der Waals surface area contributed by atoms with Gasteiger partial charge in [0.25, 0.3) is 0 Å². The zero-order valence-corrected chi connectivity index (χ0v) is 9.64. The van der Waals surface area contributed by atoms with Crippen molar-refractivity contribution >= 4 is 46.4 Å². The van der Waals surface area contributed by atoms with Crippen LogP contribution in [-0.2, 0) is 0 Å². The average molecular weight is 260 g/mol. The van der Waals surface area contributed by atoms with E-state index < -0.39 is 6.10 Å². The second kappa shape index (κ2) is 4.24. The first-order valence-corrected chi connectivity index (χ1v) is 4.97. The Morgan fingerprint density at radius 3 is 2.08 bits per heavy atom. The van der Waals surface area contributed by atoms with Gasteiger partial charge in [-0.1, -0.05) is 46.4 Å². The van der Waals surface area contributed by atoms with E-state index in [4.69, 9.17) is 46.4 Å². The van der Waals surface area contributed by atoms with E-state index in [9.17, 15) is 5.11 Å². The molecule has 1 N–H and O–H groups in total. The van der Waals surface area contributed by atoms with Crippen LogP contribution in [0.4, 0.5) is 0 Å². The molecule has 0 spiro atoms. The third kappa shape index (κ3) is 2.23. The van der Waals surface area contributed by atoms with Crippen molar-refractivity contribution in [1.29, 1.82) is 0 Å². The van der Waals surface area contributed by atoms with E-state index in [1.165, 1.54) is 6.07 Å². The van der Waals surface area contributed by atoms with Crippen LogP contribution in [0.2, 0.25) is 20.1 Å². The van der Waals surface area contributed by atoms with Crippen LogP contribution in [-0.4, -0.2) is 5.11 Å². The van der Waals surface area contributed by atoms with Gasteiger partial charge < -0.3 is 5.11 Å². The molecule has 0 unspecified atom stereocenters. The van der Waals surface area contributed by atoms with Gasteiger partial charge in [0, 0.05) is 10.6 Å². The summed E-state index contributed by atoms with van der Waals surface area (Å²) in [5.41, 5.74) is 0.401. The van der Waals surface area contributed by atoms with Gasteiger partial charge in [0.1, 0.15) is 0 Å². The summed E-state index contributed by atoms with van der Waals surface area (Å²) in [6.07, 6.45) is -0.769. The maximum atomic E-state index is 9.33. The Bertz CT molecular complexity index is 335. The molecule has 0 bridgehead atoms. The van der Waals surface area contributed by atoms with Crippen molar-refractivity contribution in [3.63, 3.8) is 0 Å². The molecule has 0 aliphatic rings. The van der Waals surface area contributed by atoms with Crippen molar-refractivity contribution in [2.45, 2.75) is 13.0 Å². The lowest BCUT2D eigenvalue weighted by molar-refractivity contribution is 0.199. The van der Waals surface area contributed by atoms with Gasteiger partial charge in [-0.2, -0.15) is 0 Å². The first kappa shape index (κ1) is 11.4. The van der Waals surface area contributed by atoms with Crippen LogP contribution < -0.4 is 0 Å². The minimum atomic E-state index is -0.769. The summed E-state index contributed by atoms with van der Waals surface area (Å²) in [5, 5.41) is 10.3. The van der Waals surface area contributed by atoms with E-state index >= 15 is 0 Å². The highest BCUT2D eigenvalue weighted by Gasteiger charge is 2.16. The number of aliphatic hydroxyl groups is 1. The van der Waals surface area contributed by atoms with Crippen molar-refractivity contribution in [3.8, 4) is 0 Å². The van der Waals surface area contributed by atoms with E-state index in [0.717, 1.165) is 0 Å². The lowest BCUT2D eigenvalue weighted by Gasteiger charge is -2.11. The van der Waals surface area contributed by atoms with Gasteiger partial charge in [0.2, 0.25) is 0 Å². The Morgan fingerprint density at radius 2 is 1.62 bits per heavy atom. The Balaban J connectivity index is 3.44. The second-order valence-corrected chi connectivity index (χ2v) is 4.13. The van der Waals surface area contributed by atoms with Gasteiger partial charge >= 0.3 is 0 Å². The number of aliphatic hydroxyl groups excluding tert-OH is 1. The molecular weight excluding hydrogens is 254 g/mol. The highest BCUT2D eigenvalue weighted by molar-refractivity contribution is 6.49. The quantitative estimate of drug-likeness (QED) is 0.587. The smallest absolute Gasteiger partial charge is 0.0791 e. The summed E-state index contributed by atoms with van der Waals surface area (Å²) >= 11 is 23.1. The molecule has 0 aliphatic carbocycles. The summed E-state index contributed by atoms with van der Waals surface area (Å²) < 4.78 is 0. The third-order valence-electron chi connectivity index (χ3n) is 1.57. The van der Waals surface area contributed by atoms with E-state index in [-0.39, 0.29) is 15.1 Å². The molecule has 5 heteroatoms. The summed E-state index contributed by atoms with van der Waals surface area (Å²) in [5.74, 6) is 0. The molecule has 72 valence electrons. The number of hydrogen-bond acceptors (Lipinski definition) is 1. The highest BCUT2D eigenvalue weighted by Crippen LogP contribution is 2.40. The second-order valence-electron chi connectivity index (χ2n) is 2.56. The summed E-state index contributed by atoms with van der Waals surface area (Å²) in [6.45, 7) is 1.55. The van der Waals surface area contributed by atoms with Crippen LogP contribution in [0.3, 0.4) is 0 Å². The highest BCUT2D eigenvalue weighted by atomic mass is 35.5. The van der Waals surface area contributed by atoms with Crippen LogP contribution >= 0.6 is 46.4 Å². The van der Waals surface area contributed by atoms with Gasteiger partial charge in [-0.25, -0.2) is 0 Å². The first-order valence-electron chi connectivity index (χ1n) is 3.46. The minimum absolute atomic E-state index is 0.203. The fourth-order valence-electron chi connectivity index (χ4n) is 0.963. The molecule has 1 rings (SSSR count). The molecule has 1 aromatic carbocycles. The number of hydrogen-bond donors (Lipinski definition) is 1. The fraction of sp³-hybridized carbons (Fsp3) is 0.250. The molecule has 0 aromatic heterocycles. The molecule has 13 heavy (non-hydrogen) atoms. The molecule has 1 nitrogen and oxygen atoms in total. The molecule has 0 amide bonds. The van der Waals surface area contributed by atoms with Gasteiger partial charge in [-0.05, 0) is 13.0 Å². The molecular formula is C8H6Cl4O. The Labute approximate surface area is 96.2 Å². The maximum Gasteiger partial charge on any atom is 0.0791 e. The van der Waals surface area contributed by atoms with Crippen LogP contribution in [0.25, 0.3) is 0 Å². The van der Waals surface area contributed by atoms with E-state index in [0.29, 0.717) is 10.6 Å². The molecule has 0 aliphatic heterocycles. The lowest BCUT2D eigenvalue weighted by atomic mass is 10.1. The normalized spacial score (nSPS) is 13.1.